The predicted molar refractivity (Wildman–Crippen MR) is 127 cm³/mol. The Morgan fingerprint density at radius 3 is 2.30 bits per heavy atom. The van der Waals surface area contributed by atoms with Crippen LogP contribution in [0.5, 0.6) is 17.2 Å². The zero-order valence-corrected chi connectivity index (χ0v) is 18.9. The molecule has 1 aromatic heterocycles. The molecule has 0 spiro atoms. The van der Waals surface area contributed by atoms with E-state index in [2.05, 4.69) is 5.32 Å². The van der Waals surface area contributed by atoms with Crippen molar-refractivity contribution in [2.75, 3.05) is 26.6 Å². The molecule has 0 unspecified atom stereocenters. The molecule has 0 radical (unpaired) electrons. The van der Waals surface area contributed by atoms with Gasteiger partial charge >= 0.3 is 0 Å². The number of fused-ring (bicyclic) bond motifs is 1. The number of hydrogen-bond donors (Lipinski definition) is 1. The first-order valence-corrected chi connectivity index (χ1v) is 10.3. The first-order chi connectivity index (χ1) is 15.9. The molecule has 0 fully saturated rings. The average Bonchev–Trinajstić information content (AvgIpc) is 2.83. The van der Waals surface area contributed by atoms with Gasteiger partial charge in [-0.05, 0) is 36.4 Å². The van der Waals surface area contributed by atoms with E-state index in [1.54, 1.807) is 54.6 Å². The van der Waals surface area contributed by atoms with Gasteiger partial charge in [-0.2, -0.15) is 0 Å². The van der Waals surface area contributed by atoms with Gasteiger partial charge in [0.05, 0.1) is 21.3 Å². The molecule has 168 valence electrons. The van der Waals surface area contributed by atoms with Crippen LogP contribution in [0.3, 0.4) is 0 Å². The summed E-state index contributed by atoms with van der Waals surface area (Å²) in [5.74, 6) is 0.941. The molecular weight excluding hydrogens is 446 g/mol. The summed E-state index contributed by atoms with van der Waals surface area (Å²) in [4.78, 5) is 25.5. The zero-order chi connectivity index (χ0) is 23.5. The maximum Gasteiger partial charge on any atom is 0.255 e. The molecule has 3 aromatic carbocycles. The Morgan fingerprint density at radius 1 is 0.909 bits per heavy atom. The summed E-state index contributed by atoms with van der Waals surface area (Å²) in [6.07, 6.45) is 0. The van der Waals surface area contributed by atoms with Crippen LogP contribution in [0.1, 0.15) is 10.4 Å². The summed E-state index contributed by atoms with van der Waals surface area (Å²) in [5, 5.41) is 3.62. The second kappa shape index (κ2) is 9.26. The van der Waals surface area contributed by atoms with Gasteiger partial charge in [0.15, 0.2) is 16.9 Å². The molecule has 4 rings (SSSR count). The number of rotatable bonds is 6. The van der Waals surface area contributed by atoms with Crippen LogP contribution in [0.25, 0.3) is 22.3 Å². The Hall–Kier alpha value is -3.97. The smallest absolute Gasteiger partial charge is 0.255 e. The lowest BCUT2D eigenvalue weighted by Crippen LogP contribution is -2.11. The molecule has 1 heterocycles. The van der Waals surface area contributed by atoms with Crippen molar-refractivity contribution < 1.29 is 23.4 Å². The number of amides is 1. The summed E-state index contributed by atoms with van der Waals surface area (Å²) in [7, 11) is 4.39. The van der Waals surface area contributed by atoms with Gasteiger partial charge in [-0.25, -0.2) is 0 Å². The number of methoxy groups -OCH3 is 3. The van der Waals surface area contributed by atoms with E-state index in [0.29, 0.717) is 39.1 Å². The van der Waals surface area contributed by atoms with Crippen LogP contribution < -0.4 is 25.0 Å². The second-order valence-electron chi connectivity index (χ2n) is 7.04. The highest BCUT2D eigenvalue weighted by Crippen LogP contribution is 2.42. The largest absolute Gasteiger partial charge is 0.493 e. The van der Waals surface area contributed by atoms with Crippen LogP contribution in [0, 0.1) is 0 Å². The minimum Gasteiger partial charge on any atom is -0.493 e. The third kappa shape index (κ3) is 4.36. The van der Waals surface area contributed by atoms with Crippen molar-refractivity contribution >= 4 is 34.2 Å². The monoisotopic (exact) mass is 465 g/mol. The molecule has 7 nitrogen and oxygen atoms in total. The highest BCUT2D eigenvalue weighted by Gasteiger charge is 2.21. The van der Waals surface area contributed by atoms with E-state index in [4.69, 9.17) is 30.2 Å². The quantitative estimate of drug-likeness (QED) is 0.410. The number of anilines is 1. The van der Waals surface area contributed by atoms with Gasteiger partial charge in [-0.15, -0.1) is 0 Å². The van der Waals surface area contributed by atoms with Gasteiger partial charge in [0.1, 0.15) is 16.7 Å². The maximum atomic E-state index is 13.0. The second-order valence-corrected chi connectivity index (χ2v) is 7.47. The Labute approximate surface area is 194 Å². The summed E-state index contributed by atoms with van der Waals surface area (Å²) >= 11 is 5.88. The number of benzene rings is 3. The van der Waals surface area contributed by atoms with E-state index in [9.17, 15) is 9.59 Å². The van der Waals surface area contributed by atoms with Crippen molar-refractivity contribution in [3.63, 3.8) is 0 Å². The fourth-order valence-electron chi connectivity index (χ4n) is 3.48. The number of carbonyl (C=O) groups excluding carboxylic acids is 1. The van der Waals surface area contributed by atoms with E-state index in [1.807, 2.05) is 0 Å². The molecule has 0 bridgehead atoms. The summed E-state index contributed by atoms with van der Waals surface area (Å²) in [6.45, 7) is 0. The van der Waals surface area contributed by atoms with E-state index in [0.717, 1.165) is 0 Å². The Morgan fingerprint density at radius 2 is 1.64 bits per heavy atom. The highest BCUT2D eigenvalue weighted by molar-refractivity contribution is 6.30. The molecule has 33 heavy (non-hydrogen) atoms. The summed E-state index contributed by atoms with van der Waals surface area (Å²) < 4.78 is 22.2. The molecule has 0 aliphatic carbocycles. The molecule has 1 N–H and O–H groups in total. The molecule has 0 atom stereocenters. The number of ether oxygens (including phenoxy) is 3. The molecule has 0 aliphatic heterocycles. The van der Waals surface area contributed by atoms with Crippen LogP contribution in [0.4, 0.5) is 5.69 Å². The number of nitrogens with one attached hydrogen (secondary N) is 1. The Kier molecular flexibility index (Phi) is 6.24. The molecule has 0 saturated heterocycles. The molecule has 1 amide bonds. The maximum absolute atomic E-state index is 13.0. The minimum atomic E-state index is -0.306. The Bertz CT molecular complexity index is 1390. The normalized spacial score (nSPS) is 10.7. The third-order valence-corrected chi connectivity index (χ3v) is 5.29. The van der Waals surface area contributed by atoms with E-state index >= 15 is 0 Å². The SMILES string of the molecule is COc1cc2oc(-c3cccc(NC(=O)c4ccc(Cl)cc4)c3)cc(=O)c2c(OC)c1OC. The zero-order valence-electron chi connectivity index (χ0n) is 18.1. The first-order valence-electron chi connectivity index (χ1n) is 9.89. The Balaban J connectivity index is 1.74. The molecule has 0 saturated carbocycles. The topological polar surface area (TPSA) is 87.0 Å². The van der Waals surface area contributed by atoms with Gasteiger partial charge in [-0.3, -0.25) is 9.59 Å². The first kappa shape index (κ1) is 22.2. The number of carbonyl (C=O) groups is 1. The number of halogens is 1. The van der Waals surface area contributed by atoms with Gasteiger partial charge < -0.3 is 23.9 Å². The van der Waals surface area contributed by atoms with Crippen molar-refractivity contribution in [3.8, 4) is 28.6 Å². The van der Waals surface area contributed by atoms with Crippen LogP contribution in [0.15, 0.2) is 69.9 Å². The van der Waals surface area contributed by atoms with Crippen LogP contribution in [0.2, 0.25) is 5.02 Å². The van der Waals surface area contributed by atoms with Crippen LogP contribution >= 0.6 is 11.6 Å². The van der Waals surface area contributed by atoms with Crippen molar-refractivity contribution in [3.05, 3.63) is 81.5 Å². The van der Waals surface area contributed by atoms with E-state index in [-0.39, 0.29) is 28.1 Å². The van der Waals surface area contributed by atoms with Crippen molar-refractivity contribution in [2.45, 2.75) is 0 Å². The van der Waals surface area contributed by atoms with Crippen LogP contribution in [-0.2, 0) is 0 Å². The van der Waals surface area contributed by atoms with Gasteiger partial charge in [0.25, 0.3) is 5.91 Å². The highest BCUT2D eigenvalue weighted by atomic mass is 35.5. The van der Waals surface area contributed by atoms with Gasteiger partial charge in [-0.1, -0.05) is 23.7 Å². The molecular formula is C25H20ClNO6. The van der Waals surface area contributed by atoms with Crippen molar-refractivity contribution in [2.24, 2.45) is 0 Å². The summed E-state index contributed by atoms with van der Waals surface area (Å²) in [6, 6.07) is 16.5. The van der Waals surface area contributed by atoms with Crippen molar-refractivity contribution in [1.29, 1.82) is 0 Å². The fraction of sp³-hybridized carbons (Fsp3) is 0.120. The van der Waals surface area contributed by atoms with Gasteiger partial charge in [0, 0.05) is 34.0 Å². The number of hydrogen-bond acceptors (Lipinski definition) is 6. The van der Waals surface area contributed by atoms with Gasteiger partial charge in [0.2, 0.25) is 5.75 Å². The standard InChI is InChI=1S/C25H20ClNO6/c1-30-21-13-20-22(24(32-3)23(21)31-2)18(28)12-19(33-20)15-5-4-6-17(11-15)27-25(29)14-7-9-16(26)10-8-14/h4-13H,1-3H3,(H,27,29). The molecule has 4 aromatic rings. The summed E-state index contributed by atoms with van der Waals surface area (Å²) in [5.41, 5.74) is 1.59. The average molecular weight is 466 g/mol. The lowest BCUT2D eigenvalue weighted by Gasteiger charge is -2.14. The van der Waals surface area contributed by atoms with E-state index < -0.39 is 0 Å². The third-order valence-electron chi connectivity index (χ3n) is 5.03. The molecule has 0 aliphatic rings. The van der Waals surface area contributed by atoms with Crippen molar-refractivity contribution in [1.82, 2.24) is 0 Å². The fourth-order valence-corrected chi connectivity index (χ4v) is 3.61. The van der Waals surface area contributed by atoms with Crippen LogP contribution in [-0.4, -0.2) is 27.2 Å². The molecule has 8 heteroatoms. The predicted octanol–water partition coefficient (Wildman–Crippen LogP) is 5.39. The lowest BCUT2D eigenvalue weighted by atomic mass is 10.1. The van der Waals surface area contributed by atoms with E-state index in [1.165, 1.54) is 27.4 Å². The lowest BCUT2D eigenvalue weighted by molar-refractivity contribution is 0.102. The minimum absolute atomic E-state index is 0.233.